The molecule has 0 bridgehead atoms. The molecule has 0 saturated carbocycles. The topological polar surface area (TPSA) is 18.5 Å². The minimum Gasteiger partial charge on any atom is -0.457 e. The van der Waals surface area contributed by atoms with Gasteiger partial charge in [0.1, 0.15) is 23.0 Å². The van der Waals surface area contributed by atoms with Crippen molar-refractivity contribution in [3.63, 3.8) is 0 Å². The van der Waals surface area contributed by atoms with E-state index in [-0.39, 0.29) is 0 Å². The molecular formula is C38H24O2. The highest BCUT2D eigenvalue weighted by Crippen LogP contribution is 2.71. The summed E-state index contributed by atoms with van der Waals surface area (Å²) in [4.78, 5) is 0. The maximum absolute atomic E-state index is 6.69. The van der Waals surface area contributed by atoms with E-state index in [1.165, 1.54) is 22.3 Å². The summed E-state index contributed by atoms with van der Waals surface area (Å²) in [5, 5.41) is 0. The minimum atomic E-state index is -0.653. The van der Waals surface area contributed by atoms with Gasteiger partial charge in [0.2, 0.25) is 0 Å². The van der Waals surface area contributed by atoms with E-state index in [2.05, 4.69) is 146 Å². The lowest BCUT2D eigenvalue weighted by Gasteiger charge is -2.59. The highest BCUT2D eigenvalue weighted by atomic mass is 16.5. The molecule has 0 saturated heterocycles. The van der Waals surface area contributed by atoms with E-state index < -0.39 is 10.8 Å². The summed E-state index contributed by atoms with van der Waals surface area (Å²) in [6, 6.07) is 52.2. The van der Waals surface area contributed by atoms with E-state index in [4.69, 9.17) is 9.47 Å². The van der Waals surface area contributed by atoms with E-state index in [1.54, 1.807) is 0 Å². The van der Waals surface area contributed by atoms with Crippen LogP contribution in [-0.2, 0) is 10.8 Å². The van der Waals surface area contributed by atoms with Crippen LogP contribution in [0.2, 0.25) is 0 Å². The average molecular weight is 513 g/mol. The SMILES string of the molecule is c1ccc2c(c1)Oc1ccccc1C21c2ccccc2-c2ccccc2C12c1ccccc1Oc1ccccc12. The Labute approximate surface area is 233 Å². The molecule has 40 heavy (non-hydrogen) atoms. The Hall–Kier alpha value is -5.08. The molecule has 1 aliphatic carbocycles. The van der Waals surface area contributed by atoms with Crippen molar-refractivity contribution in [3.8, 4) is 34.1 Å². The second-order valence-corrected chi connectivity index (χ2v) is 10.8. The fraction of sp³-hybridized carbons (Fsp3) is 0.0526. The third kappa shape index (κ3) is 2.41. The highest BCUT2D eigenvalue weighted by molar-refractivity contribution is 5.89. The van der Waals surface area contributed by atoms with Crippen molar-refractivity contribution in [2.75, 3.05) is 0 Å². The molecule has 9 rings (SSSR count). The van der Waals surface area contributed by atoms with Crippen molar-refractivity contribution < 1.29 is 9.47 Å². The van der Waals surface area contributed by atoms with Gasteiger partial charge >= 0.3 is 0 Å². The normalized spacial score (nSPS) is 15.8. The second-order valence-electron chi connectivity index (χ2n) is 10.8. The third-order valence-electron chi connectivity index (χ3n) is 9.12. The number of para-hydroxylation sites is 4. The Balaban J connectivity index is 1.63. The van der Waals surface area contributed by atoms with Gasteiger partial charge in [-0.3, -0.25) is 0 Å². The first-order chi connectivity index (χ1) is 19.8. The fourth-order valence-electron chi connectivity index (χ4n) is 7.87. The summed E-state index contributed by atoms with van der Waals surface area (Å²) in [5.41, 5.74) is 8.34. The van der Waals surface area contributed by atoms with Crippen LogP contribution in [0, 0.1) is 0 Å². The zero-order valence-electron chi connectivity index (χ0n) is 21.7. The van der Waals surface area contributed by atoms with Crippen LogP contribution in [0.4, 0.5) is 0 Å². The molecule has 6 aromatic carbocycles. The van der Waals surface area contributed by atoms with E-state index in [0.717, 1.165) is 45.3 Å². The molecule has 0 atom stereocenters. The molecule has 0 unspecified atom stereocenters. The Kier molecular flexibility index (Phi) is 4.22. The lowest BCUT2D eigenvalue weighted by atomic mass is 9.42. The summed E-state index contributed by atoms with van der Waals surface area (Å²) < 4.78 is 13.4. The van der Waals surface area contributed by atoms with Crippen molar-refractivity contribution >= 4 is 0 Å². The molecule has 2 heterocycles. The van der Waals surface area contributed by atoms with E-state index in [1.807, 2.05) is 0 Å². The lowest BCUT2D eigenvalue weighted by Crippen LogP contribution is -2.56. The molecule has 6 aromatic rings. The van der Waals surface area contributed by atoms with Crippen molar-refractivity contribution in [3.05, 3.63) is 179 Å². The summed E-state index contributed by atoms with van der Waals surface area (Å²) in [5.74, 6) is 3.54. The van der Waals surface area contributed by atoms with Crippen LogP contribution in [0.5, 0.6) is 23.0 Å². The molecule has 0 aromatic heterocycles. The predicted molar refractivity (Wildman–Crippen MR) is 158 cm³/mol. The first-order valence-corrected chi connectivity index (χ1v) is 13.8. The van der Waals surface area contributed by atoms with Gasteiger partial charge in [-0.25, -0.2) is 0 Å². The Bertz CT molecular complexity index is 1750. The minimum absolute atomic E-state index is 0.653. The number of benzene rings is 6. The van der Waals surface area contributed by atoms with E-state index >= 15 is 0 Å². The first-order valence-electron chi connectivity index (χ1n) is 13.8. The fourth-order valence-corrected chi connectivity index (χ4v) is 7.87. The van der Waals surface area contributed by atoms with Gasteiger partial charge in [0.15, 0.2) is 0 Å². The van der Waals surface area contributed by atoms with Gasteiger partial charge in [-0.05, 0) is 46.5 Å². The van der Waals surface area contributed by atoms with Crippen molar-refractivity contribution in [2.45, 2.75) is 10.8 Å². The van der Waals surface area contributed by atoms with Crippen LogP contribution < -0.4 is 9.47 Å². The Morgan fingerprint density at radius 2 is 0.525 bits per heavy atom. The van der Waals surface area contributed by atoms with Crippen LogP contribution in [0.15, 0.2) is 146 Å². The van der Waals surface area contributed by atoms with Crippen LogP contribution in [0.25, 0.3) is 11.1 Å². The molecule has 0 radical (unpaired) electrons. The Morgan fingerprint density at radius 3 is 0.850 bits per heavy atom. The van der Waals surface area contributed by atoms with Crippen molar-refractivity contribution in [2.24, 2.45) is 0 Å². The molecule has 2 aliphatic heterocycles. The van der Waals surface area contributed by atoms with Gasteiger partial charge < -0.3 is 9.47 Å². The van der Waals surface area contributed by atoms with Crippen molar-refractivity contribution in [1.29, 1.82) is 0 Å². The molecule has 2 spiro atoms. The Morgan fingerprint density at radius 1 is 0.275 bits per heavy atom. The highest BCUT2D eigenvalue weighted by Gasteiger charge is 2.66. The summed E-state index contributed by atoms with van der Waals surface area (Å²) in [6.07, 6.45) is 0. The summed E-state index contributed by atoms with van der Waals surface area (Å²) in [6.45, 7) is 0. The number of rotatable bonds is 0. The van der Waals surface area contributed by atoms with Crippen molar-refractivity contribution in [1.82, 2.24) is 0 Å². The maximum atomic E-state index is 6.69. The average Bonchev–Trinajstić information content (AvgIpc) is 3.02. The van der Waals surface area contributed by atoms with Crippen LogP contribution in [0.1, 0.15) is 33.4 Å². The predicted octanol–water partition coefficient (Wildman–Crippen LogP) is 9.25. The largest absolute Gasteiger partial charge is 0.457 e. The lowest BCUT2D eigenvalue weighted by molar-refractivity contribution is 0.319. The standard InChI is InChI=1S/C38H24O2/c1-3-15-27-25(13-1)26-14-2-4-16-28(26)38(31-19-7-11-23-35(31)40-36-24-12-8-20-32(36)38)37(27)29-17-5-9-21-33(29)39-34-22-10-6-18-30(34)37/h1-24H. The second kappa shape index (κ2) is 7.74. The zero-order chi connectivity index (χ0) is 26.3. The third-order valence-corrected chi connectivity index (χ3v) is 9.12. The quantitative estimate of drug-likeness (QED) is 0.202. The monoisotopic (exact) mass is 512 g/mol. The van der Waals surface area contributed by atoms with Gasteiger partial charge in [-0.15, -0.1) is 0 Å². The molecular weight excluding hydrogens is 488 g/mol. The van der Waals surface area contributed by atoms with Gasteiger partial charge in [0.25, 0.3) is 0 Å². The van der Waals surface area contributed by atoms with Crippen LogP contribution >= 0.6 is 0 Å². The smallest absolute Gasteiger partial charge is 0.131 e. The number of hydrogen-bond acceptors (Lipinski definition) is 2. The molecule has 0 N–H and O–H groups in total. The molecule has 0 amide bonds. The molecule has 2 heteroatoms. The zero-order valence-corrected chi connectivity index (χ0v) is 21.7. The van der Waals surface area contributed by atoms with Crippen LogP contribution in [-0.4, -0.2) is 0 Å². The maximum Gasteiger partial charge on any atom is 0.131 e. The molecule has 188 valence electrons. The number of ether oxygens (including phenoxy) is 2. The van der Waals surface area contributed by atoms with Crippen LogP contribution in [0.3, 0.4) is 0 Å². The molecule has 0 fully saturated rings. The number of fused-ring (bicyclic) bond motifs is 14. The van der Waals surface area contributed by atoms with Gasteiger partial charge in [-0.2, -0.15) is 0 Å². The summed E-state index contributed by atoms with van der Waals surface area (Å²) >= 11 is 0. The van der Waals surface area contributed by atoms with Gasteiger partial charge in [0, 0.05) is 22.3 Å². The van der Waals surface area contributed by atoms with E-state index in [0.29, 0.717) is 0 Å². The van der Waals surface area contributed by atoms with Gasteiger partial charge in [-0.1, -0.05) is 121 Å². The van der Waals surface area contributed by atoms with E-state index in [9.17, 15) is 0 Å². The number of hydrogen-bond donors (Lipinski definition) is 0. The first kappa shape index (κ1) is 21.8. The summed E-state index contributed by atoms with van der Waals surface area (Å²) in [7, 11) is 0. The van der Waals surface area contributed by atoms with Gasteiger partial charge in [0.05, 0.1) is 10.8 Å². The molecule has 2 nitrogen and oxygen atoms in total. The molecule has 3 aliphatic rings.